The number of hydrogen-bond donors (Lipinski definition) is 1. The van der Waals surface area contributed by atoms with Crippen LogP contribution >= 0.6 is 0 Å². The SMILES string of the molecule is Cc1nccn1CCNC1CCOC1C1CC1. The van der Waals surface area contributed by atoms with Crippen molar-refractivity contribution < 1.29 is 4.74 Å². The highest BCUT2D eigenvalue weighted by molar-refractivity contribution is 4.94. The molecule has 3 rings (SSSR count). The van der Waals surface area contributed by atoms with Crippen LogP contribution in [0, 0.1) is 12.8 Å². The number of ether oxygens (including phenoxy) is 1. The van der Waals surface area contributed by atoms with E-state index in [0.29, 0.717) is 12.1 Å². The van der Waals surface area contributed by atoms with Crippen LogP contribution in [0.15, 0.2) is 12.4 Å². The van der Waals surface area contributed by atoms with Crippen LogP contribution < -0.4 is 5.32 Å². The van der Waals surface area contributed by atoms with Crippen LogP contribution in [-0.2, 0) is 11.3 Å². The summed E-state index contributed by atoms with van der Waals surface area (Å²) in [6, 6.07) is 0.575. The molecule has 0 radical (unpaired) electrons. The quantitative estimate of drug-likeness (QED) is 0.837. The van der Waals surface area contributed by atoms with Gasteiger partial charge in [-0.25, -0.2) is 4.98 Å². The molecule has 2 heterocycles. The number of nitrogens with one attached hydrogen (secondary N) is 1. The first-order chi connectivity index (χ1) is 8.34. The smallest absolute Gasteiger partial charge is 0.105 e. The fraction of sp³-hybridized carbons (Fsp3) is 0.769. The molecule has 94 valence electrons. The Morgan fingerprint density at radius 1 is 1.47 bits per heavy atom. The number of imidazole rings is 1. The maximum absolute atomic E-state index is 5.82. The first-order valence-corrected chi connectivity index (χ1v) is 6.67. The summed E-state index contributed by atoms with van der Waals surface area (Å²) >= 11 is 0. The van der Waals surface area contributed by atoms with Gasteiger partial charge < -0.3 is 14.6 Å². The van der Waals surface area contributed by atoms with Crippen molar-refractivity contribution in [2.24, 2.45) is 5.92 Å². The van der Waals surface area contributed by atoms with E-state index in [4.69, 9.17) is 4.74 Å². The Morgan fingerprint density at radius 3 is 3.06 bits per heavy atom. The Kier molecular flexibility index (Phi) is 3.16. The molecule has 1 N–H and O–H groups in total. The van der Waals surface area contributed by atoms with Gasteiger partial charge in [0, 0.05) is 38.1 Å². The topological polar surface area (TPSA) is 39.1 Å². The summed E-state index contributed by atoms with van der Waals surface area (Å²) in [6.45, 7) is 4.99. The van der Waals surface area contributed by atoms with E-state index in [0.717, 1.165) is 31.4 Å². The molecule has 0 spiro atoms. The Bertz CT molecular complexity index is 372. The van der Waals surface area contributed by atoms with E-state index in [2.05, 4.69) is 14.9 Å². The predicted octanol–water partition coefficient (Wildman–Crippen LogP) is 1.35. The highest BCUT2D eigenvalue weighted by Gasteiger charge is 2.40. The Hall–Kier alpha value is -0.870. The fourth-order valence-electron chi connectivity index (χ4n) is 2.73. The predicted molar refractivity (Wildman–Crippen MR) is 65.8 cm³/mol. The third-order valence-electron chi connectivity index (χ3n) is 3.91. The van der Waals surface area contributed by atoms with Crippen LogP contribution in [0.1, 0.15) is 25.1 Å². The normalized spacial score (nSPS) is 28.8. The molecule has 1 saturated carbocycles. The summed E-state index contributed by atoms with van der Waals surface area (Å²) in [6.07, 6.45) is 8.29. The molecule has 1 aromatic heterocycles. The van der Waals surface area contributed by atoms with Crippen LogP contribution in [0.5, 0.6) is 0 Å². The minimum absolute atomic E-state index is 0.485. The second kappa shape index (κ2) is 4.78. The molecule has 0 bridgehead atoms. The van der Waals surface area contributed by atoms with Gasteiger partial charge in [0.15, 0.2) is 0 Å². The number of hydrogen-bond acceptors (Lipinski definition) is 3. The molecule has 2 fully saturated rings. The monoisotopic (exact) mass is 235 g/mol. The summed E-state index contributed by atoms with van der Waals surface area (Å²) in [5.74, 6) is 1.93. The molecular formula is C13H21N3O. The van der Waals surface area contributed by atoms with Crippen LogP contribution in [0.2, 0.25) is 0 Å². The maximum Gasteiger partial charge on any atom is 0.105 e. The van der Waals surface area contributed by atoms with E-state index in [1.54, 1.807) is 0 Å². The highest BCUT2D eigenvalue weighted by Crippen LogP contribution is 2.38. The Labute approximate surface area is 102 Å². The average molecular weight is 235 g/mol. The molecule has 4 nitrogen and oxygen atoms in total. The molecule has 2 atom stereocenters. The minimum Gasteiger partial charge on any atom is -0.376 e. The minimum atomic E-state index is 0.485. The van der Waals surface area contributed by atoms with Crippen molar-refractivity contribution in [1.29, 1.82) is 0 Å². The number of aromatic nitrogens is 2. The van der Waals surface area contributed by atoms with Gasteiger partial charge in [-0.05, 0) is 32.1 Å². The second-order valence-corrected chi connectivity index (χ2v) is 5.19. The third-order valence-corrected chi connectivity index (χ3v) is 3.91. The van der Waals surface area contributed by atoms with Crippen molar-refractivity contribution in [3.8, 4) is 0 Å². The van der Waals surface area contributed by atoms with Gasteiger partial charge in [0.2, 0.25) is 0 Å². The number of aryl methyl sites for hydroxylation is 1. The molecule has 1 aliphatic carbocycles. The molecule has 0 amide bonds. The van der Waals surface area contributed by atoms with Crippen LogP contribution in [0.3, 0.4) is 0 Å². The van der Waals surface area contributed by atoms with Crippen LogP contribution in [0.25, 0.3) is 0 Å². The summed E-state index contributed by atoms with van der Waals surface area (Å²) in [4.78, 5) is 4.23. The van der Waals surface area contributed by atoms with E-state index in [9.17, 15) is 0 Å². The molecule has 1 saturated heterocycles. The Balaban J connectivity index is 1.46. The molecule has 17 heavy (non-hydrogen) atoms. The zero-order chi connectivity index (χ0) is 11.7. The maximum atomic E-state index is 5.82. The van der Waals surface area contributed by atoms with Gasteiger partial charge >= 0.3 is 0 Å². The first kappa shape index (κ1) is 11.2. The van der Waals surface area contributed by atoms with E-state index >= 15 is 0 Å². The molecule has 1 aromatic rings. The highest BCUT2D eigenvalue weighted by atomic mass is 16.5. The van der Waals surface area contributed by atoms with E-state index in [-0.39, 0.29) is 0 Å². The molecule has 1 aliphatic heterocycles. The van der Waals surface area contributed by atoms with E-state index < -0.39 is 0 Å². The van der Waals surface area contributed by atoms with Gasteiger partial charge in [0.1, 0.15) is 5.82 Å². The van der Waals surface area contributed by atoms with Crippen LogP contribution in [-0.4, -0.2) is 34.8 Å². The van der Waals surface area contributed by atoms with Gasteiger partial charge in [-0.2, -0.15) is 0 Å². The van der Waals surface area contributed by atoms with Gasteiger partial charge in [-0.3, -0.25) is 0 Å². The van der Waals surface area contributed by atoms with E-state index in [1.165, 1.54) is 19.3 Å². The molecule has 2 aliphatic rings. The molecular weight excluding hydrogens is 214 g/mol. The number of rotatable bonds is 5. The van der Waals surface area contributed by atoms with Gasteiger partial charge in [-0.15, -0.1) is 0 Å². The summed E-state index contributed by atoms with van der Waals surface area (Å²) in [5.41, 5.74) is 0. The van der Waals surface area contributed by atoms with E-state index in [1.807, 2.05) is 19.3 Å². The van der Waals surface area contributed by atoms with Crippen molar-refractivity contribution in [1.82, 2.24) is 14.9 Å². The lowest BCUT2D eigenvalue weighted by atomic mass is 10.1. The third kappa shape index (κ3) is 2.53. The molecule has 0 aromatic carbocycles. The van der Waals surface area contributed by atoms with Crippen LogP contribution in [0.4, 0.5) is 0 Å². The molecule has 4 heteroatoms. The van der Waals surface area contributed by atoms with Crippen molar-refractivity contribution in [2.45, 2.75) is 44.9 Å². The summed E-state index contributed by atoms with van der Waals surface area (Å²) < 4.78 is 8.01. The number of nitrogens with zero attached hydrogens (tertiary/aromatic N) is 2. The fourth-order valence-corrected chi connectivity index (χ4v) is 2.73. The van der Waals surface area contributed by atoms with Crippen molar-refractivity contribution in [3.05, 3.63) is 18.2 Å². The zero-order valence-corrected chi connectivity index (χ0v) is 10.4. The second-order valence-electron chi connectivity index (χ2n) is 5.19. The standard InChI is InChI=1S/C13H21N3O/c1-10-14-5-7-16(10)8-6-15-12-4-9-17-13(12)11-2-3-11/h5,7,11-13,15H,2-4,6,8-9H2,1H3. The Morgan fingerprint density at radius 2 is 2.35 bits per heavy atom. The van der Waals surface area contributed by atoms with Crippen molar-refractivity contribution in [2.75, 3.05) is 13.2 Å². The molecule has 2 unspecified atom stereocenters. The van der Waals surface area contributed by atoms with Crippen molar-refractivity contribution >= 4 is 0 Å². The first-order valence-electron chi connectivity index (χ1n) is 6.67. The zero-order valence-electron chi connectivity index (χ0n) is 10.4. The van der Waals surface area contributed by atoms with Gasteiger partial charge in [0.25, 0.3) is 0 Å². The average Bonchev–Trinajstić information content (AvgIpc) is 2.93. The van der Waals surface area contributed by atoms with Gasteiger partial charge in [-0.1, -0.05) is 0 Å². The largest absolute Gasteiger partial charge is 0.376 e. The van der Waals surface area contributed by atoms with Crippen molar-refractivity contribution in [3.63, 3.8) is 0 Å². The lowest BCUT2D eigenvalue weighted by Crippen LogP contribution is -2.39. The lowest BCUT2D eigenvalue weighted by Gasteiger charge is -2.19. The summed E-state index contributed by atoms with van der Waals surface area (Å²) in [5, 5.41) is 3.64. The lowest BCUT2D eigenvalue weighted by molar-refractivity contribution is 0.0810. The summed E-state index contributed by atoms with van der Waals surface area (Å²) in [7, 11) is 0. The van der Waals surface area contributed by atoms with Gasteiger partial charge in [0.05, 0.1) is 6.10 Å².